The minimum absolute atomic E-state index is 0.0572. The molecule has 30 heavy (non-hydrogen) atoms. The van der Waals surface area contributed by atoms with Crippen LogP contribution in [0, 0.1) is 5.92 Å². The zero-order chi connectivity index (χ0) is 21.3. The molecule has 0 spiro atoms. The lowest BCUT2D eigenvalue weighted by Gasteiger charge is -2.35. The van der Waals surface area contributed by atoms with E-state index in [9.17, 15) is 9.90 Å². The van der Waals surface area contributed by atoms with Crippen molar-refractivity contribution in [2.45, 2.75) is 25.9 Å². The quantitative estimate of drug-likeness (QED) is 0.686. The third kappa shape index (κ3) is 5.74. The molecule has 0 aliphatic carbocycles. The van der Waals surface area contributed by atoms with Crippen molar-refractivity contribution in [1.29, 1.82) is 0 Å². The number of carbonyl (C=O) groups excluding carboxylic acids is 1. The number of piperidine rings is 1. The summed E-state index contributed by atoms with van der Waals surface area (Å²) < 4.78 is 10.7. The molecule has 6 nitrogen and oxygen atoms in total. The molecule has 1 fully saturated rings. The average Bonchev–Trinajstić information content (AvgIpc) is 2.79. The van der Waals surface area contributed by atoms with Crippen LogP contribution >= 0.6 is 0 Å². The summed E-state index contributed by atoms with van der Waals surface area (Å²) in [6, 6.07) is 16.0. The minimum atomic E-state index is -0.0648. The summed E-state index contributed by atoms with van der Waals surface area (Å²) in [5.74, 6) is 1.43. The van der Waals surface area contributed by atoms with Gasteiger partial charge in [0.25, 0.3) is 0 Å². The highest BCUT2D eigenvalue weighted by molar-refractivity contribution is 5.79. The van der Waals surface area contributed by atoms with Gasteiger partial charge in [-0.15, -0.1) is 0 Å². The number of likely N-dealkylation sites (tertiary alicyclic amines) is 1. The van der Waals surface area contributed by atoms with Crippen molar-refractivity contribution in [3.63, 3.8) is 0 Å². The van der Waals surface area contributed by atoms with Gasteiger partial charge in [0, 0.05) is 37.8 Å². The van der Waals surface area contributed by atoms with Crippen molar-refractivity contribution in [3.8, 4) is 11.5 Å². The Morgan fingerprint density at radius 2 is 1.97 bits per heavy atom. The Bertz CT molecular complexity index is 812. The standard InChI is InChI=1S/C24H32N2O4/c1-29-22-11-10-20(23(15-22)30-2)18-26(13-14-27)24(28)21-9-6-12-25(17-21)16-19-7-4-3-5-8-19/h3-5,7-8,10-11,15,21,27H,6,9,12-14,16-18H2,1-2H3. The van der Waals surface area contributed by atoms with E-state index in [0.29, 0.717) is 24.6 Å². The van der Waals surface area contributed by atoms with Crippen molar-refractivity contribution >= 4 is 5.91 Å². The van der Waals surface area contributed by atoms with Gasteiger partial charge in [-0.2, -0.15) is 0 Å². The fourth-order valence-corrected chi connectivity index (χ4v) is 4.08. The molecular weight excluding hydrogens is 380 g/mol. The normalized spacial score (nSPS) is 16.8. The zero-order valence-corrected chi connectivity index (χ0v) is 17.9. The second kappa shape index (κ2) is 11.0. The zero-order valence-electron chi connectivity index (χ0n) is 17.9. The van der Waals surface area contributed by atoms with Gasteiger partial charge in [0.15, 0.2) is 0 Å². The summed E-state index contributed by atoms with van der Waals surface area (Å²) >= 11 is 0. The van der Waals surface area contributed by atoms with E-state index in [1.807, 2.05) is 36.4 Å². The molecular formula is C24H32N2O4. The highest BCUT2D eigenvalue weighted by atomic mass is 16.5. The Labute approximate surface area is 179 Å². The van der Waals surface area contributed by atoms with E-state index < -0.39 is 0 Å². The van der Waals surface area contributed by atoms with E-state index in [1.165, 1.54) is 5.56 Å². The average molecular weight is 413 g/mol. The van der Waals surface area contributed by atoms with Crippen LogP contribution in [0.3, 0.4) is 0 Å². The van der Waals surface area contributed by atoms with E-state index in [2.05, 4.69) is 17.0 Å². The number of benzene rings is 2. The predicted molar refractivity (Wildman–Crippen MR) is 116 cm³/mol. The van der Waals surface area contributed by atoms with E-state index in [-0.39, 0.29) is 18.4 Å². The molecule has 162 valence electrons. The Balaban J connectivity index is 1.68. The van der Waals surface area contributed by atoms with Crippen molar-refractivity contribution in [3.05, 3.63) is 59.7 Å². The van der Waals surface area contributed by atoms with Crippen LogP contribution in [0.1, 0.15) is 24.0 Å². The van der Waals surface area contributed by atoms with Gasteiger partial charge in [-0.05, 0) is 37.1 Å². The lowest BCUT2D eigenvalue weighted by molar-refractivity contribution is -0.138. The third-order valence-corrected chi connectivity index (χ3v) is 5.64. The van der Waals surface area contributed by atoms with E-state index >= 15 is 0 Å². The molecule has 0 bridgehead atoms. The van der Waals surface area contributed by atoms with E-state index in [4.69, 9.17) is 9.47 Å². The first-order valence-electron chi connectivity index (χ1n) is 10.5. The van der Waals surface area contributed by atoms with Gasteiger partial charge in [0.1, 0.15) is 11.5 Å². The van der Waals surface area contributed by atoms with Crippen LogP contribution in [0.25, 0.3) is 0 Å². The van der Waals surface area contributed by atoms with Crippen molar-refractivity contribution in [2.75, 3.05) is 40.5 Å². The maximum absolute atomic E-state index is 13.3. The second-order valence-corrected chi connectivity index (χ2v) is 7.72. The Morgan fingerprint density at radius 3 is 2.67 bits per heavy atom. The number of rotatable bonds is 9. The van der Waals surface area contributed by atoms with Crippen molar-refractivity contribution < 1.29 is 19.4 Å². The smallest absolute Gasteiger partial charge is 0.227 e. The molecule has 1 aliphatic rings. The van der Waals surface area contributed by atoms with Gasteiger partial charge in [-0.1, -0.05) is 30.3 Å². The molecule has 1 saturated heterocycles. The molecule has 0 saturated carbocycles. The van der Waals surface area contributed by atoms with Crippen LogP contribution in [-0.4, -0.2) is 61.3 Å². The fourth-order valence-electron chi connectivity index (χ4n) is 4.08. The first-order valence-corrected chi connectivity index (χ1v) is 10.5. The fraction of sp³-hybridized carbons (Fsp3) is 0.458. The summed E-state index contributed by atoms with van der Waals surface area (Å²) in [6.45, 7) is 3.26. The summed E-state index contributed by atoms with van der Waals surface area (Å²) in [5, 5.41) is 9.56. The van der Waals surface area contributed by atoms with Gasteiger partial charge in [0.2, 0.25) is 5.91 Å². The molecule has 1 atom stereocenters. The molecule has 1 unspecified atom stereocenters. The van der Waals surface area contributed by atoms with Crippen LogP contribution in [0.4, 0.5) is 0 Å². The number of amides is 1. The summed E-state index contributed by atoms with van der Waals surface area (Å²) in [5.41, 5.74) is 2.16. The predicted octanol–water partition coefficient (Wildman–Crippen LogP) is 2.94. The summed E-state index contributed by atoms with van der Waals surface area (Å²) in [4.78, 5) is 17.4. The molecule has 2 aromatic rings. The highest BCUT2D eigenvalue weighted by Crippen LogP contribution is 2.27. The third-order valence-electron chi connectivity index (χ3n) is 5.64. The van der Waals surface area contributed by atoms with Crippen molar-refractivity contribution in [2.24, 2.45) is 5.92 Å². The highest BCUT2D eigenvalue weighted by Gasteiger charge is 2.29. The molecule has 3 rings (SSSR count). The van der Waals surface area contributed by atoms with Crippen molar-refractivity contribution in [1.82, 2.24) is 9.80 Å². The first-order chi connectivity index (χ1) is 14.6. The molecule has 0 radical (unpaired) electrons. The topological polar surface area (TPSA) is 62.2 Å². The van der Waals surface area contributed by atoms with Crippen LogP contribution in [0.2, 0.25) is 0 Å². The second-order valence-electron chi connectivity index (χ2n) is 7.72. The van der Waals surface area contributed by atoms with E-state index in [0.717, 1.165) is 38.0 Å². The van der Waals surface area contributed by atoms with E-state index in [1.54, 1.807) is 19.1 Å². The maximum Gasteiger partial charge on any atom is 0.227 e. The largest absolute Gasteiger partial charge is 0.497 e. The monoisotopic (exact) mass is 412 g/mol. The maximum atomic E-state index is 13.3. The van der Waals surface area contributed by atoms with Gasteiger partial charge in [-0.3, -0.25) is 9.69 Å². The first kappa shape index (κ1) is 22.1. The number of methoxy groups -OCH3 is 2. The Kier molecular flexibility index (Phi) is 8.11. The number of aliphatic hydroxyl groups is 1. The van der Waals surface area contributed by atoms with Crippen LogP contribution < -0.4 is 9.47 Å². The Morgan fingerprint density at radius 1 is 1.17 bits per heavy atom. The van der Waals surface area contributed by atoms with Crippen LogP contribution in [0.5, 0.6) is 11.5 Å². The van der Waals surface area contributed by atoms with Crippen LogP contribution in [-0.2, 0) is 17.9 Å². The molecule has 2 aromatic carbocycles. The molecule has 6 heteroatoms. The SMILES string of the molecule is COc1ccc(CN(CCO)C(=O)C2CCCN(Cc3ccccc3)C2)c(OC)c1. The summed E-state index contributed by atoms with van der Waals surface area (Å²) in [6.07, 6.45) is 1.88. The van der Waals surface area contributed by atoms with Crippen LogP contribution in [0.15, 0.2) is 48.5 Å². The number of hydrogen-bond donors (Lipinski definition) is 1. The number of ether oxygens (including phenoxy) is 2. The number of nitrogens with zero attached hydrogens (tertiary/aromatic N) is 2. The van der Waals surface area contributed by atoms with Gasteiger partial charge >= 0.3 is 0 Å². The van der Waals surface area contributed by atoms with Gasteiger partial charge in [0.05, 0.1) is 26.7 Å². The number of carbonyl (C=O) groups is 1. The molecule has 1 heterocycles. The lowest BCUT2D eigenvalue weighted by atomic mass is 9.95. The van der Waals surface area contributed by atoms with Gasteiger partial charge in [-0.25, -0.2) is 0 Å². The minimum Gasteiger partial charge on any atom is -0.497 e. The summed E-state index contributed by atoms with van der Waals surface area (Å²) in [7, 11) is 3.22. The number of aliphatic hydroxyl groups excluding tert-OH is 1. The molecule has 0 aromatic heterocycles. The Hall–Kier alpha value is -2.57. The lowest BCUT2D eigenvalue weighted by Crippen LogP contribution is -2.45. The number of hydrogen-bond acceptors (Lipinski definition) is 5. The molecule has 1 aliphatic heterocycles. The molecule has 1 amide bonds. The molecule has 1 N–H and O–H groups in total. The van der Waals surface area contributed by atoms with Gasteiger partial charge < -0.3 is 19.5 Å².